The molecule has 0 unspecified atom stereocenters. The maximum atomic E-state index is 13.2. The summed E-state index contributed by atoms with van der Waals surface area (Å²) in [5, 5.41) is 7.96. The summed E-state index contributed by atoms with van der Waals surface area (Å²) in [7, 11) is -3.80. The first-order chi connectivity index (χ1) is 18.4. The zero-order valence-electron chi connectivity index (χ0n) is 21.5. The van der Waals surface area contributed by atoms with Gasteiger partial charge in [0.05, 0.1) is 30.3 Å². The molecule has 4 aromatic rings. The highest BCUT2D eigenvalue weighted by molar-refractivity contribution is 7.89. The second-order valence-corrected chi connectivity index (χ2v) is 10.8. The fourth-order valence-electron chi connectivity index (χ4n) is 4.45. The van der Waals surface area contributed by atoms with E-state index in [1.165, 1.54) is 21.4 Å². The van der Waals surface area contributed by atoms with Crippen molar-refractivity contribution in [3.63, 3.8) is 0 Å². The van der Waals surface area contributed by atoms with Crippen LogP contribution in [0.3, 0.4) is 0 Å². The Kier molecular flexibility index (Phi) is 7.74. The van der Waals surface area contributed by atoms with Crippen molar-refractivity contribution in [3.05, 3.63) is 35.0 Å². The van der Waals surface area contributed by atoms with Gasteiger partial charge in [0, 0.05) is 32.7 Å². The van der Waals surface area contributed by atoms with Crippen LogP contribution >= 0.6 is 0 Å². The van der Waals surface area contributed by atoms with Crippen LogP contribution in [0.2, 0.25) is 0 Å². The molecule has 0 spiro atoms. The van der Waals surface area contributed by atoms with Crippen LogP contribution in [0.25, 0.3) is 28.2 Å². The molecule has 1 saturated heterocycles. The van der Waals surface area contributed by atoms with E-state index in [0.29, 0.717) is 66.9 Å². The number of nitrogens with one attached hydrogen (secondary N) is 2. The molecule has 0 saturated carbocycles. The van der Waals surface area contributed by atoms with Crippen LogP contribution in [0.15, 0.2) is 34.2 Å². The van der Waals surface area contributed by atoms with Crippen LogP contribution in [0.1, 0.15) is 26.7 Å². The normalized spacial score (nSPS) is 15.0. The minimum atomic E-state index is -3.80. The van der Waals surface area contributed by atoms with Crippen LogP contribution in [0.4, 0.5) is 0 Å². The summed E-state index contributed by atoms with van der Waals surface area (Å²) in [4.78, 5) is 23.1. The van der Waals surface area contributed by atoms with Gasteiger partial charge in [0.1, 0.15) is 23.4 Å². The Hall–Kier alpha value is -3.33. The largest absolute Gasteiger partial charge is 0.493 e. The molecule has 1 aromatic carbocycles. The van der Waals surface area contributed by atoms with Crippen LogP contribution in [0.5, 0.6) is 5.75 Å². The van der Waals surface area contributed by atoms with Gasteiger partial charge < -0.3 is 14.5 Å². The predicted octanol–water partition coefficient (Wildman–Crippen LogP) is 1.24. The molecule has 4 heterocycles. The number of aryl methyl sites for hydroxylation is 1. The lowest BCUT2D eigenvalue weighted by Gasteiger charge is -2.26. The Morgan fingerprint density at radius 3 is 2.76 bits per heavy atom. The molecule has 0 amide bonds. The maximum absolute atomic E-state index is 13.2. The summed E-state index contributed by atoms with van der Waals surface area (Å²) in [5.74, 6) is 0.863. The number of rotatable bonds is 11. The minimum absolute atomic E-state index is 0.0956. The van der Waals surface area contributed by atoms with E-state index in [-0.39, 0.29) is 17.1 Å². The van der Waals surface area contributed by atoms with Gasteiger partial charge in [-0.05, 0) is 31.5 Å². The van der Waals surface area contributed by atoms with Gasteiger partial charge in [-0.15, -0.1) is 10.2 Å². The number of H-pyrrole nitrogens is 1. The molecule has 13 nitrogen and oxygen atoms in total. The Morgan fingerprint density at radius 1 is 1.18 bits per heavy atom. The summed E-state index contributed by atoms with van der Waals surface area (Å²) in [6.07, 6.45) is 3.16. The maximum Gasteiger partial charge on any atom is 0.336 e. The topological polar surface area (TPSA) is 149 Å². The fraction of sp³-hybridized carbons (Fsp3) is 0.500. The van der Waals surface area contributed by atoms with Gasteiger partial charge in [0.2, 0.25) is 10.0 Å². The molecule has 0 atom stereocenters. The van der Waals surface area contributed by atoms with E-state index in [1.54, 1.807) is 12.1 Å². The van der Waals surface area contributed by atoms with Crippen LogP contribution in [0, 0.1) is 0 Å². The van der Waals surface area contributed by atoms with Crippen LogP contribution in [-0.2, 0) is 21.3 Å². The van der Waals surface area contributed by atoms with Crippen molar-refractivity contribution >= 4 is 26.8 Å². The first-order valence-corrected chi connectivity index (χ1v) is 14.3. The molecule has 204 valence electrons. The number of unbranched alkanes of at least 4 members (excludes halogenated alkanes) is 1. The number of ether oxygens (including phenoxy) is 2. The van der Waals surface area contributed by atoms with E-state index in [9.17, 15) is 13.2 Å². The number of hydrogen-bond acceptors (Lipinski definition) is 9. The molecule has 0 radical (unpaired) electrons. The number of aromatic nitrogens is 6. The lowest BCUT2D eigenvalue weighted by Crippen LogP contribution is -2.41. The molecule has 0 aliphatic carbocycles. The Morgan fingerprint density at radius 2 is 2.00 bits per heavy atom. The zero-order valence-corrected chi connectivity index (χ0v) is 22.3. The highest BCUT2D eigenvalue weighted by Crippen LogP contribution is 2.32. The second kappa shape index (κ2) is 11.2. The molecule has 1 fully saturated rings. The molecule has 5 rings (SSSR count). The first-order valence-electron chi connectivity index (χ1n) is 12.8. The van der Waals surface area contributed by atoms with Gasteiger partial charge in [0.25, 0.3) is 0 Å². The van der Waals surface area contributed by atoms with Crippen molar-refractivity contribution < 1.29 is 17.9 Å². The number of morpholine rings is 1. The van der Waals surface area contributed by atoms with Gasteiger partial charge >= 0.3 is 5.69 Å². The molecule has 38 heavy (non-hydrogen) atoms. The number of nitrogens with zero attached hydrogens (tertiary/aromatic N) is 6. The van der Waals surface area contributed by atoms with Gasteiger partial charge in [-0.1, -0.05) is 13.3 Å². The quantitative estimate of drug-likeness (QED) is 0.266. The van der Waals surface area contributed by atoms with Crippen molar-refractivity contribution in [1.82, 2.24) is 38.8 Å². The van der Waals surface area contributed by atoms with E-state index in [0.717, 1.165) is 25.9 Å². The Bertz CT molecular complexity index is 1590. The highest BCUT2D eigenvalue weighted by Gasteiger charge is 2.22. The average Bonchev–Trinajstić information content (AvgIpc) is 3.58. The molecule has 3 aromatic heterocycles. The predicted molar refractivity (Wildman–Crippen MR) is 141 cm³/mol. The molecule has 1 aliphatic rings. The molecule has 1 aliphatic heterocycles. The fourth-order valence-corrected chi connectivity index (χ4v) is 5.50. The number of imidazole rings is 1. The van der Waals surface area contributed by atoms with Gasteiger partial charge in [0.15, 0.2) is 11.3 Å². The number of sulfonamides is 1. The second-order valence-electron chi connectivity index (χ2n) is 9.05. The summed E-state index contributed by atoms with van der Waals surface area (Å²) in [5.41, 5.74) is 1.44. The van der Waals surface area contributed by atoms with Crippen molar-refractivity contribution in [2.24, 2.45) is 0 Å². The highest BCUT2D eigenvalue weighted by atomic mass is 32.2. The van der Waals surface area contributed by atoms with E-state index in [1.807, 2.05) is 6.92 Å². The summed E-state index contributed by atoms with van der Waals surface area (Å²) >= 11 is 0. The van der Waals surface area contributed by atoms with Crippen molar-refractivity contribution in [2.45, 2.75) is 38.1 Å². The summed E-state index contributed by atoms with van der Waals surface area (Å²) in [6, 6.07) is 4.73. The van der Waals surface area contributed by atoms with Crippen LogP contribution in [-0.4, -0.2) is 88.5 Å². The SMILES string of the molecule is CCCCOc1ccc(S(=O)(=O)NCCN2CCOCC2)cc1-c1nc2c([nH]1)c1nncn1c(=O)n2CC. The number of hydrogen-bond donors (Lipinski definition) is 2. The minimum Gasteiger partial charge on any atom is -0.493 e. The van der Waals surface area contributed by atoms with Crippen molar-refractivity contribution in [2.75, 3.05) is 46.0 Å². The summed E-state index contributed by atoms with van der Waals surface area (Å²) in [6.45, 7) is 8.52. The molecular weight excluding hydrogens is 512 g/mol. The van der Waals surface area contributed by atoms with Crippen molar-refractivity contribution in [1.29, 1.82) is 0 Å². The van der Waals surface area contributed by atoms with Crippen molar-refractivity contribution in [3.8, 4) is 17.1 Å². The Balaban J connectivity index is 1.52. The molecule has 14 heteroatoms. The third kappa shape index (κ3) is 5.16. The standard InChI is InChI=1S/C24H32N8O5S/c1-3-5-12-37-19-7-6-17(38(34,35)26-8-9-30-10-13-36-14-11-30)15-18(19)21-27-20-22(28-21)31(4-2)24(33)32-16-25-29-23(20)32/h6-7,15-16,26H,3-5,8-14H2,1-2H3,(H,27,28). The molecule has 0 bridgehead atoms. The van der Waals surface area contributed by atoms with Gasteiger partial charge in [-0.2, -0.15) is 0 Å². The number of benzene rings is 1. The Labute approximate surface area is 219 Å². The lowest BCUT2D eigenvalue weighted by molar-refractivity contribution is 0.0390. The number of aromatic amines is 1. The van der Waals surface area contributed by atoms with Gasteiger partial charge in [-0.3, -0.25) is 9.47 Å². The third-order valence-corrected chi connectivity index (χ3v) is 8.02. The lowest BCUT2D eigenvalue weighted by atomic mass is 10.2. The average molecular weight is 545 g/mol. The molecule has 2 N–H and O–H groups in total. The van der Waals surface area contributed by atoms with E-state index < -0.39 is 10.0 Å². The smallest absolute Gasteiger partial charge is 0.336 e. The third-order valence-electron chi connectivity index (χ3n) is 6.56. The molecular formula is C24H32N8O5S. The first kappa shape index (κ1) is 26.3. The van der Waals surface area contributed by atoms with E-state index >= 15 is 0 Å². The number of fused-ring (bicyclic) bond motifs is 3. The van der Waals surface area contributed by atoms with E-state index in [4.69, 9.17) is 14.5 Å². The summed E-state index contributed by atoms with van der Waals surface area (Å²) < 4.78 is 43.3. The van der Waals surface area contributed by atoms with Crippen LogP contribution < -0.4 is 15.1 Å². The van der Waals surface area contributed by atoms with Gasteiger partial charge in [-0.25, -0.2) is 27.3 Å². The monoisotopic (exact) mass is 544 g/mol. The van der Waals surface area contributed by atoms with E-state index in [2.05, 4.69) is 31.7 Å². The zero-order chi connectivity index (χ0) is 26.7.